The van der Waals surface area contributed by atoms with E-state index in [1.807, 2.05) is 12.2 Å². The number of allylic oxidation sites excluding steroid dienone is 15. The summed E-state index contributed by atoms with van der Waals surface area (Å²) in [6.45, 7) is 2.59. The Morgan fingerprint density at radius 2 is 1.00 bits per heavy atom. The van der Waals surface area contributed by atoms with Crippen molar-refractivity contribution in [1.82, 2.24) is 5.32 Å². The van der Waals surface area contributed by atoms with Crippen LogP contribution in [0.25, 0.3) is 0 Å². The van der Waals surface area contributed by atoms with Crippen LogP contribution in [0.15, 0.2) is 97.2 Å². The molecule has 9 N–H and O–H groups in total. The number of aliphatic hydroxyl groups is 8. The molecule has 0 aromatic heterocycles. The Hall–Kier alpha value is -3.09. The lowest BCUT2D eigenvalue weighted by Gasteiger charge is -2.46. The Labute approximate surface area is 413 Å². The Kier molecular flexibility index (Phi) is 36.4. The molecule has 2 rings (SSSR count). The predicted octanol–water partition coefficient (Wildman–Crippen LogP) is 7.15. The van der Waals surface area contributed by atoms with E-state index in [1.54, 1.807) is 6.08 Å². The van der Waals surface area contributed by atoms with E-state index in [4.69, 9.17) is 18.9 Å². The third-order valence-corrected chi connectivity index (χ3v) is 12.0. The van der Waals surface area contributed by atoms with Gasteiger partial charge in [0.2, 0.25) is 5.91 Å². The quantitative estimate of drug-likeness (QED) is 0.0222. The number of rotatable bonds is 38. The number of hydrogen-bond donors (Lipinski definition) is 9. The second-order valence-corrected chi connectivity index (χ2v) is 17.9. The average Bonchev–Trinajstić information content (AvgIpc) is 3.35. The van der Waals surface area contributed by atoms with Gasteiger partial charge in [-0.05, 0) is 70.6 Å². The van der Waals surface area contributed by atoms with E-state index < -0.39 is 86.8 Å². The highest BCUT2D eigenvalue weighted by molar-refractivity contribution is 5.76. The van der Waals surface area contributed by atoms with Crippen LogP contribution in [-0.2, 0) is 23.7 Å². The van der Waals surface area contributed by atoms with Crippen molar-refractivity contribution in [3.05, 3.63) is 97.2 Å². The highest BCUT2D eigenvalue weighted by Crippen LogP contribution is 2.30. The van der Waals surface area contributed by atoms with Gasteiger partial charge in [0.25, 0.3) is 0 Å². The molecule has 2 saturated heterocycles. The summed E-state index contributed by atoms with van der Waals surface area (Å²) in [5, 5.41) is 86.7. The maximum Gasteiger partial charge on any atom is 0.220 e. The van der Waals surface area contributed by atoms with Crippen LogP contribution in [0.4, 0.5) is 0 Å². The molecule has 0 aliphatic carbocycles. The van der Waals surface area contributed by atoms with Crippen molar-refractivity contribution in [3.63, 3.8) is 0 Å². The zero-order chi connectivity index (χ0) is 50.3. The van der Waals surface area contributed by atoms with E-state index in [9.17, 15) is 45.6 Å². The van der Waals surface area contributed by atoms with E-state index in [2.05, 4.69) is 98.2 Å². The smallest absolute Gasteiger partial charge is 0.220 e. The summed E-state index contributed by atoms with van der Waals surface area (Å²) in [6, 6.07) is -0.950. The standard InChI is InChI=1S/C55H91NO13/c1-3-5-7-9-11-13-15-17-18-19-20-21-22-23-24-25-26-27-29-31-33-35-37-39-47(60)56-43(44(59)38-36-34-32-30-28-16-14-12-10-8-6-4-2)42-66-54-52(65)50(63)53(46(41-58)68-54)69-55-51(64)49(62)48(61)45(40-57)67-55/h5,7,11,13,17-18,20-21,23-24,26-27,31,33,36,38,43-46,48-55,57-59,61-65H,3-4,6,8-10,12,14-16,19,22,25,28-30,32,34-35,37,39-42H2,1-2H3,(H,56,60)/b7-5-,13-11-,18-17-,21-20-,24-23-,27-26-,33-31-,38-36+. The summed E-state index contributed by atoms with van der Waals surface area (Å²) >= 11 is 0. The molecule has 0 radical (unpaired) electrons. The number of unbranched alkanes of at least 4 members (excludes halogenated alkanes) is 11. The normalized spacial score (nSPS) is 27.0. The maximum absolute atomic E-state index is 13.2. The molecule has 0 spiro atoms. The van der Waals surface area contributed by atoms with Gasteiger partial charge in [0.1, 0.15) is 48.8 Å². The van der Waals surface area contributed by atoms with Crippen LogP contribution < -0.4 is 5.32 Å². The second kappa shape index (κ2) is 40.5. The van der Waals surface area contributed by atoms with Crippen LogP contribution >= 0.6 is 0 Å². The van der Waals surface area contributed by atoms with Gasteiger partial charge in [-0.2, -0.15) is 0 Å². The van der Waals surface area contributed by atoms with Crippen molar-refractivity contribution >= 4 is 5.91 Å². The minimum absolute atomic E-state index is 0.195. The fourth-order valence-corrected chi connectivity index (χ4v) is 7.81. The van der Waals surface area contributed by atoms with Crippen molar-refractivity contribution in [2.24, 2.45) is 0 Å². The molecule has 394 valence electrons. The Morgan fingerprint density at radius 3 is 1.52 bits per heavy atom. The van der Waals surface area contributed by atoms with Crippen LogP contribution in [0, 0.1) is 0 Å². The van der Waals surface area contributed by atoms with Crippen molar-refractivity contribution in [2.45, 2.75) is 222 Å². The molecule has 69 heavy (non-hydrogen) atoms. The molecule has 12 unspecified atom stereocenters. The van der Waals surface area contributed by atoms with Crippen LogP contribution in [0.1, 0.15) is 149 Å². The number of nitrogens with one attached hydrogen (secondary N) is 1. The van der Waals surface area contributed by atoms with Crippen molar-refractivity contribution in [3.8, 4) is 0 Å². The molecule has 1 amide bonds. The topological polar surface area (TPSA) is 228 Å². The van der Waals surface area contributed by atoms with E-state index in [1.165, 1.54) is 44.9 Å². The van der Waals surface area contributed by atoms with E-state index in [0.29, 0.717) is 12.8 Å². The minimum atomic E-state index is -1.80. The zero-order valence-corrected chi connectivity index (χ0v) is 41.8. The highest BCUT2D eigenvalue weighted by atomic mass is 16.7. The maximum atomic E-state index is 13.2. The van der Waals surface area contributed by atoms with Gasteiger partial charge in [-0.15, -0.1) is 0 Å². The monoisotopic (exact) mass is 974 g/mol. The van der Waals surface area contributed by atoms with Crippen LogP contribution in [0.2, 0.25) is 0 Å². The number of ether oxygens (including phenoxy) is 4. The van der Waals surface area contributed by atoms with Gasteiger partial charge >= 0.3 is 0 Å². The van der Waals surface area contributed by atoms with E-state index in [0.717, 1.165) is 70.6 Å². The van der Waals surface area contributed by atoms with Crippen LogP contribution in [0.5, 0.6) is 0 Å². The summed E-state index contributed by atoms with van der Waals surface area (Å²) in [7, 11) is 0. The third kappa shape index (κ3) is 27.4. The second-order valence-electron chi connectivity index (χ2n) is 17.9. The van der Waals surface area contributed by atoms with Crippen molar-refractivity contribution in [1.29, 1.82) is 0 Å². The molecule has 0 aromatic carbocycles. The minimum Gasteiger partial charge on any atom is -0.394 e. The SMILES string of the molecule is CC/C=C\C/C=C\C/C=C\C/C=C\C/C=C\C/C=C\C/C=C\CCCC(=O)NC(COC1OC(CO)C(OC2OC(CO)C(O)C(O)C2O)C(O)C1O)C(O)/C=C/CCCCCCCCCCCC. The van der Waals surface area contributed by atoms with Gasteiger partial charge in [-0.3, -0.25) is 4.79 Å². The van der Waals surface area contributed by atoms with Gasteiger partial charge in [0, 0.05) is 6.42 Å². The molecule has 2 aliphatic heterocycles. The first kappa shape index (κ1) is 62.0. The molecule has 14 nitrogen and oxygen atoms in total. The molecular weight excluding hydrogens is 883 g/mol. The van der Waals surface area contributed by atoms with Crippen molar-refractivity contribution < 1.29 is 64.6 Å². The Bertz CT molecular complexity index is 1520. The number of amides is 1. The first-order valence-electron chi connectivity index (χ1n) is 26.0. The number of carbonyl (C=O) groups is 1. The lowest BCUT2D eigenvalue weighted by molar-refractivity contribution is -0.359. The predicted molar refractivity (Wildman–Crippen MR) is 272 cm³/mol. The molecule has 0 bridgehead atoms. The van der Waals surface area contributed by atoms with Gasteiger partial charge in [0.05, 0.1) is 32.0 Å². The van der Waals surface area contributed by atoms with Gasteiger partial charge in [0.15, 0.2) is 12.6 Å². The summed E-state index contributed by atoms with van der Waals surface area (Å²) in [6.07, 6.45) is 37.4. The first-order valence-corrected chi connectivity index (χ1v) is 26.0. The molecule has 2 aliphatic rings. The Morgan fingerprint density at radius 1 is 0.536 bits per heavy atom. The lowest BCUT2D eigenvalue weighted by atomic mass is 9.97. The van der Waals surface area contributed by atoms with Crippen LogP contribution in [-0.4, -0.2) is 140 Å². The first-order chi connectivity index (χ1) is 33.6. The number of carbonyl (C=O) groups excluding carboxylic acids is 1. The summed E-state index contributed by atoms with van der Waals surface area (Å²) in [5.41, 5.74) is 0. The summed E-state index contributed by atoms with van der Waals surface area (Å²) in [4.78, 5) is 13.2. The largest absolute Gasteiger partial charge is 0.394 e. The third-order valence-electron chi connectivity index (χ3n) is 12.0. The Balaban J connectivity index is 1.85. The molecule has 0 saturated carbocycles. The van der Waals surface area contributed by atoms with E-state index >= 15 is 0 Å². The molecule has 12 atom stereocenters. The van der Waals surface area contributed by atoms with Gasteiger partial charge in [-0.25, -0.2) is 0 Å². The lowest BCUT2D eigenvalue weighted by Crippen LogP contribution is -2.65. The average molecular weight is 974 g/mol. The summed E-state index contributed by atoms with van der Waals surface area (Å²) < 4.78 is 22.6. The molecule has 2 heterocycles. The summed E-state index contributed by atoms with van der Waals surface area (Å²) in [5.74, 6) is -0.303. The van der Waals surface area contributed by atoms with Gasteiger partial charge in [-0.1, -0.05) is 169 Å². The molecule has 0 aromatic rings. The fraction of sp³-hybridized carbons (Fsp3) is 0.691. The highest BCUT2D eigenvalue weighted by Gasteiger charge is 2.51. The molecule has 14 heteroatoms. The molecule has 2 fully saturated rings. The van der Waals surface area contributed by atoms with Gasteiger partial charge < -0.3 is 65.1 Å². The zero-order valence-electron chi connectivity index (χ0n) is 41.8. The number of aliphatic hydroxyl groups excluding tert-OH is 8. The number of hydrogen-bond acceptors (Lipinski definition) is 13. The van der Waals surface area contributed by atoms with Crippen molar-refractivity contribution in [2.75, 3.05) is 19.8 Å². The molecular formula is C55H91NO13. The fourth-order valence-electron chi connectivity index (χ4n) is 7.81. The van der Waals surface area contributed by atoms with E-state index in [-0.39, 0.29) is 18.9 Å². The van der Waals surface area contributed by atoms with Crippen LogP contribution in [0.3, 0.4) is 0 Å².